The number of rotatable bonds is 10. The smallest absolute Gasteiger partial charge is 0.324 e. The first kappa shape index (κ1) is 48.8. The molecule has 66 heavy (non-hydrogen) atoms. The number of esters is 1. The average Bonchev–Trinajstić information content (AvgIpc) is 3.86. The Bertz CT molecular complexity index is 2510. The van der Waals surface area contributed by atoms with Crippen molar-refractivity contribution >= 4 is 45.9 Å². The lowest BCUT2D eigenvalue weighted by Gasteiger charge is -2.38. The van der Waals surface area contributed by atoms with E-state index in [1.165, 1.54) is 16.3 Å². The molecule has 3 aliphatic heterocycles. The van der Waals surface area contributed by atoms with Gasteiger partial charge >= 0.3 is 5.97 Å². The fourth-order valence-corrected chi connectivity index (χ4v) is 9.63. The van der Waals surface area contributed by atoms with Gasteiger partial charge in [0.15, 0.2) is 0 Å². The van der Waals surface area contributed by atoms with Crippen LogP contribution in [-0.4, -0.2) is 124 Å². The van der Waals surface area contributed by atoms with Crippen LogP contribution < -0.4 is 10.7 Å². The van der Waals surface area contributed by atoms with Gasteiger partial charge < -0.3 is 24.3 Å². The third-order valence-corrected chi connectivity index (χ3v) is 14.2. The number of nitrogens with zero attached hydrogens (tertiary/aromatic N) is 6. The Morgan fingerprint density at radius 1 is 1.14 bits per heavy atom. The Hall–Kier alpha value is -5.14. The zero-order valence-electron chi connectivity index (χ0n) is 40.6. The fraction of sp³-hybridized carbons (Fsp3) is 0.569. The van der Waals surface area contributed by atoms with Crippen LogP contribution in [0.25, 0.3) is 33.4 Å². The van der Waals surface area contributed by atoms with Gasteiger partial charge in [0.05, 0.1) is 52.9 Å². The predicted molar refractivity (Wildman–Crippen MR) is 258 cm³/mol. The highest BCUT2D eigenvalue weighted by Gasteiger charge is 2.38. The Morgan fingerprint density at radius 3 is 2.59 bits per heavy atom. The normalized spacial score (nSPS) is 19.9. The van der Waals surface area contributed by atoms with E-state index in [-0.39, 0.29) is 55.3 Å². The molecule has 4 aromatic rings. The van der Waals surface area contributed by atoms with E-state index in [9.17, 15) is 19.2 Å². The second kappa shape index (κ2) is 20.0. The van der Waals surface area contributed by atoms with Crippen LogP contribution >= 0.6 is 11.3 Å². The van der Waals surface area contributed by atoms with Gasteiger partial charge in [-0.3, -0.25) is 34.1 Å². The number of benzene rings is 1. The van der Waals surface area contributed by atoms with Crippen LogP contribution in [0.5, 0.6) is 0 Å². The average molecular weight is 921 g/mol. The molecule has 0 unspecified atom stereocenters. The zero-order valence-corrected chi connectivity index (χ0v) is 41.4. The molecule has 2 fully saturated rings. The number of amides is 3. The number of hydrogen-bond acceptors (Lipinski definition) is 11. The molecule has 3 aliphatic rings. The number of aryl methyl sites for hydroxylation is 1. The van der Waals surface area contributed by atoms with Crippen molar-refractivity contribution in [2.24, 2.45) is 17.3 Å². The number of carbonyl (C=O) groups excluding carboxylic acids is 4. The Balaban J connectivity index is 1.18. The molecular formula is C51H68N8O6S. The van der Waals surface area contributed by atoms with Gasteiger partial charge in [-0.25, -0.2) is 10.4 Å². The van der Waals surface area contributed by atoms with E-state index in [1.54, 1.807) is 4.90 Å². The summed E-state index contributed by atoms with van der Waals surface area (Å²) in [6, 6.07) is 8.92. The van der Waals surface area contributed by atoms with Gasteiger partial charge in [0.25, 0.3) is 11.8 Å². The number of pyridine rings is 1. The number of aromatic nitrogens is 3. The summed E-state index contributed by atoms with van der Waals surface area (Å²) in [7, 11) is 3.84. The molecule has 0 spiro atoms. The number of thiazole rings is 1. The summed E-state index contributed by atoms with van der Waals surface area (Å²) in [5.74, 6) is 3.98. The number of hydrazine groups is 1. The third-order valence-electron chi connectivity index (χ3n) is 13.3. The summed E-state index contributed by atoms with van der Waals surface area (Å²) < 4.78 is 14.7. The Kier molecular flexibility index (Phi) is 14.8. The van der Waals surface area contributed by atoms with Gasteiger partial charge in [-0.2, -0.15) is 0 Å². The molecule has 3 atom stereocenters. The van der Waals surface area contributed by atoms with Crippen LogP contribution in [0, 0.1) is 29.1 Å². The maximum Gasteiger partial charge on any atom is 0.324 e. The molecule has 0 aliphatic carbocycles. The van der Waals surface area contributed by atoms with Crippen molar-refractivity contribution in [3.05, 3.63) is 58.2 Å². The minimum absolute atomic E-state index is 0.114. The highest BCUT2D eigenvalue weighted by Crippen LogP contribution is 2.42. The molecule has 7 rings (SSSR count). The first-order valence-corrected chi connectivity index (χ1v) is 24.4. The van der Waals surface area contributed by atoms with Crippen molar-refractivity contribution in [3.8, 4) is 34.4 Å². The molecule has 15 heteroatoms. The summed E-state index contributed by atoms with van der Waals surface area (Å²) in [6.07, 6.45) is 3.49. The first-order chi connectivity index (χ1) is 31.3. The number of likely N-dealkylation sites (tertiary alicyclic amines) is 1. The van der Waals surface area contributed by atoms with Crippen molar-refractivity contribution in [2.45, 2.75) is 124 Å². The molecule has 0 saturated carbocycles. The quantitative estimate of drug-likeness (QED) is 0.134. The van der Waals surface area contributed by atoms with E-state index >= 15 is 0 Å². The van der Waals surface area contributed by atoms with Gasteiger partial charge in [-0.1, -0.05) is 53.5 Å². The van der Waals surface area contributed by atoms with Crippen LogP contribution in [0.4, 0.5) is 0 Å². The molecule has 6 heterocycles. The van der Waals surface area contributed by atoms with E-state index in [0.29, 0.717) is 43.9 Å². The van der Waals surface area contributed by atoms with Crippen molar-refractivity contribution in [1.82, 2.24) is 40.1 Å². The second-order valence-electron chi connectivity index (χ2n) is 20.3. The molecule has 3 amide bonds. The lowest BCUT2D eigenvalue weighted by Crippen LogP contribution is -2.61. The highest BCUT2D eigenvalue weighted by atomic mass is 32.1. The van der Waals surface area contributed by atoms with Crippen molar-refractivity contribution in [1.29, 1.82) is 0 Å². The summed E-state index contributed by atoms with van der Waals surface area (Å²) in [6.45, 7) is 20.8. The molecule has 0 radical (unpaired) electrons. The van der Waals surface area contributed by atoms with Crippen LogP contribution in [0.1, 0.15) is 97.3 Å². The number of hydrogen-bond donors (Lipinski definition) is 2. The van der Waals surface area contributed by atoms with Gasteiger partial charge in [-0.15, -0.1) is 11.3 Å². The minimum Gasteiger partial charge on any atom is -0.464 e. The predicted octanol–water partition coefficient (Wildman–Crippen LogP) is 6.46. The summed E-state index contributed by atoms with van der Waals surface area (Å²) in [5.41, 5.74) is 9.50. The standard InChI is InChI=1S/C51H68N8O6S/c1-12-58-42-18-17-33-23-36(42)37(46(58)35-15-13-21-52-45(35)32(4)5)25-50(6,7)30-65-49(63)39-16-14-22-59(55-39)48(62)40(24-43-53-41(33)29-66-43)54-47(61)38(31(2)3)28-64-34-26-57(27-34)44(60)19-20-51(8,9)56(10)11/h13,15,17-18,21,23,29,31-32,34,38-40,55H,12,14,16,22,24-28,30H2,1-11H3,(H,54,61)/t38-,39-,40-/m0/s1. The molecule has 2 N–H and O–H groups in total. The first-order valence-electron chi connectivity index (χ1n) is 23.5. The highest BCUT2D eigenvalue weighted by molar-refractivity contribution is 7.10. The number of cyclic esters (lactones) is 1. The number of ether oxygens (including phenoxy) is 2. The number of nitrogens with one attached hydrogen (secondary N) is 2. The Labute approximate surface area is 394 Å². The third kappa shape index (κ3) is 10.7. The number of carbonyl (C=O) groups is 4. The van der Waals surface area contributed by atoms with Crippen molar-refractivity contribution < 1.29 is 28.7 Å². The van der Waals surface area contributed by atoms with Gasteiger partial charge in [0.2, 0.25) is 5.91 Å². The lowest BCUT2D eigenvalue weighted by molar-refractivity contribution is -0.155. The maximum atomic E-state index is 14.6. The van der Waals surface area contributed by atoms with Gasteiger partial charge in [0, 0.05) is 71.6 Å². The van der Waals surface area contributed by atoms with E-state index in [4.69, 9.17) is 19.4 Å². The summed E-state index contributed by atoms with van der Waals surface area (Å²) >= 11 is 1.45. The molecule has 6 bridgehead atoms. The second-order valence-corrected chi connectivity index (χ2v) is 21.2. The van der Waals surface area contributed by atoms with Crippen LogP contribution in [0.15, 0.2) is 41.9 Å². The SMILES string of the molecule is CCn1c(-c2cccnc2C(C)C)c2c3cc(ccc31)-c1csc(n1)C[C@H](NC(=O)[C@@H](COC1CN(C(=O)C#CC(C)(C)N(C)C)C1)C(C)C)C(=O)N1CCC[C@H](N1)C(=O)OCC(C)(C)C2. The molecule has 3 aromatic heterocycles. The fourth-order valence-electron chi connectivity index (χ4n) is 8.78. The molecular weight excluding hydrogens is 853 g/mol. The van der Waals surface area contributed by atoms with Gasteiger partial charge in [-0.05, 0) is 102 Å². The van der Waals surface area contributed by atoms with E-state index in [1.807, 2.05) is 64.3 Å². The molecule has 1 aromatic carbocycles. The number of fused-ring (bicyclic) bond motifs is 6. The van der Waals surface area contributed by atoms with Crippen LogP contribution in [0.2, 0.25) is 0 Å². The lowest BCUT2D eigenvalue weighted by atomic mass is 9.84. The van der Waals surface area contributed by atoms with Crippen LogP contribution in [0.3, 0.4) is 0 Å². The van der Waals surface area contributed by atoms with E-state index in [2.05, 4.69) is 86.0 Å². The zero-order chi connectivity index (χ0) is 47.7. The van der Waals surface area contributed by atoms with Crippen LogP contribution in [-0.2, 0) is 48.0 Å². The van der Waals surface area contributed by atoms with E-state index < -0.39 is 34.9 Å². The maximum absolute atomic E-state index is 14.6. The Morgan fingerprint density at radius 2 is 1.89 bits per heavy atom. The van der Waals surface area contributed by atoms with E-state index in [0.717, 1.165) is 51.2 Å². The molecule has 354 valence electrons. The topological polar surface area (TPSA) is 151 Å². The largest absolute Gasteiger partial charge is 0.464 e. The summed E-state index contributed by atoms with van der Waals surface area (Å²) in [4.78, 5) is 69.0. The minimum atomic E-state index is -0.982. The molecule has 14 nitrogen and oxygen atoms in total. The monoisotopic (exact) mass is 920 g/mol. The van der Waals surface area contributed by atoms with Crippen molar-refractivity contribution in [3.63, 3.8) is 0 Å². The van der Waals surface area contributed by atoms with Crippen molar-refractivity contribution in [2.75, 3.05) is 46.9 Å². The summed E-state index contributed by atoms with van der Waals surface area (Å²) in [5, 5.41) is 8.36. The van der Waals surface area contributed by atoms with Gasteiger partial charge in [0.1, 0.15) is 12.1 Å². The molecule has 2 saturated heterocycles.